The topological polar surface area (TPSA) is 9.23 Å². The molecule has 1 saturated heterocycles. The fourth-order valence-electron chi connectivity index (χ4n) is 2.39. The number of allylic oxidation sites excluding steroid dienone is 1. The van der Waals surface area contributed by atoms with E-state index in [1.165, 1.54) is 5.56 Å². The monoisotopic (exact) mass is 216 g/mol. The Labute approximate surface area is 98.1 Å². The summed E-state index contributed by atoms with van der Waals surface area (Å²) in [4.78, 5) is 0. The normalized spacial score (nSPS) is 29.2. The highest BCUT2D eigenvalue weighted by Crippen LogP contribution is 2.41. The van der Waals surface area contributed by atoms with Crippen LogP contribution in [0.5, 0.6) is 0 Å². The van der Waals surface area contributed by atoms with Crippen LogP contribution in [0.4, 0.5) is 0 Å². The Morgan fingerprint density at radius 1 is 1.44 bits per heavy atom. The van der Waals surface area contributed by atoms with Crippen LogP contribution in [-0.4, -0.2) is 5.60 Å². The minimum atomic E-state index is 0.0503. The molecule has 1 fully saturated rings. The summed E-state index contributed by atoms with van der Waals surface area (Å²) in [6, 6.07) is 10.5. The van der Waals surface area contributed by atoms with Crippen molar-refractivity contribution >= 4 is 0 Å². The summed E-state index contributed by atoms with van der Waals surface area (Å²) in [6.45, 7) is 6.00. The van der Waals surface area contributed by atoms with Crippen molar-refractivity contribution < 1.29 is 4.74 Å². The Bertz CT molecular complexity index is 344. The van der Waals surface area contributed by atoms with Crippen LogP contribution in [0.1, 0.15) is 44.3 Å². The van der Waals surface area contributed by atoms with E-state index in [9.17, 15) is 0 Å². The van der Waals surface area contributed by atoms with Gasteiger partial charge in [-0.1, -0.05) is 36.4 Å². The average molecular weight is 216 g/mol. The lowest BCUT2D eigenvalue weighted by molar-refractivity contribution is -0.0342. The van der Waals surface area contributed by atoms with Crippen LogP contribution in [0, 0.1) is 0 Å². The molecule has 1 aromatic rings. The summed E-state index contributed by atoms with van der Waals surface area (Å²) < 4.78 is 6.19. The van der Waals surface area contributed by atoms with Crippen molar-refractivity contribution in [3.8, 4) is 0 Å². The summed E-state index contributed by atoms with van der Waals surface area (Å²) >= 11 is 0. The highest BCUT2D eigenvalue weighted by atomic mass is 16.5. The van der Waals surface area contributed by atoms with Gasteiger partial charge in [0, 0.05) is 0 Å². The maximum absolute atomic E-state index is 6.19. The highest BCUT2D eigenvalue weighted by molar-refractivity contribution is 5.18. The molecule has 1 aromatic carbocycles. The van der Waals surface area contributed by atoms with E-state index in [2.05, 4.69) is 43.8 Å². The molecule has 0 saturated carbocycles. The first kappa shape index (κ1) is 11.4. The number of hydrogen-bond acceptors (Lipinski definition) is 1. The standard InChI is InChI=1S/C15H20O/c1-3-4-11-15(2)12-10-14(16-15)13-8-6-5-7-9-13/h3,5-9,14H,1,4,10-12H2,2H3. The quantitative estimate of drug-likeness (QED) is 0.683. The SMILES string of the molecule is C=CCCC1(C)CCC(c2ccccc2)O1. The van der Waals surface area contributed by atoms with Crippen molar-refractivity contribution in [2.45, 2.75) is 44.3 Å². The fourth-order valence-corrected chi connectivity index (χ4v) is 2.39. The van der Waals surface area contributed by atoms with Crippen molar-refractivity contribution in [3.05, 3.63) is 48.6 Å². The lowest BCUT2D eigenvalue weighted by Gasteiger charge is -2.24. The molecule has 1 aliphatic heterocycles. The van der Waals surface area contributed by atoms with Gasteiger partial charge in [0.25, 0.3) is 0 Å². The number of rotatable bonds is 4. The molecule has 0 N–H and O–H groups in total. The van der Waals surface area contributed by atoms with Gasteiger partial charge in [-0.05, 0) is 38.2 Å². The van der Waals surface area contributed by atoms with Crippen LogP contribution in [0.2, 0.25) is 0 Å². The molecule has 1 aliphatic rings. The molecule has 0 amide bonds. The summed E-state index contributed by atoms with van der Waals surface area (Å²) in [5.41, 5.74) is 1.36. The third-order valence-corrected chi connectivity index (χ3v) is 3.41. The third kappa shape index (κ3) is 2.53. The Balaban J connectivity index is 2.00. The van der Waals surface area contributed by atoms with Gasteiger partial charge in [-0.15, -0.1) is 6.58 Å². The van der Waals surface area contributed by atoms with Crippen LogP contribution in [0.25, 0.3) is 0 Å². The second kappa shape index (κ2) is 4.84. The zero-order valence-corrected chi connectivity index (χ0v) is 9.99. The van der Waals surface area contributed by atoms with Crippen molar-refractivity contribution in [1.29, 1.82) is 0 Å². The largest absolute Gasteiger partial charge is 0.367 e. The highest BCUT2D eigenvalue weighted by Gasteiger charge is 2.35. The van der Waals surface area contributed by atoms with Gasteiger partial charge in [-0.25, -0.2) is 0 Å². The van der Waals surface area contributed by atoms with Gasteiger partial charge in [0.05, 0.1) is 11.7 Å². The molecule has 0 bridgehead atoms. The minimum absolute atomic E-state index is 0.0503. The molecule has 2 rings (SSSR count). The predicted molar refractivity (Wildman–Crippen MR) is 67.3 cm³/mol. The van der Waals surface area contributed by atoms with E-state index in [-0.39, 0.29) is 11.7 Å². The second-order valence-corrected chi connectivity index (χ2v) is 4.83. The first-order valence-electron chi connectivity index (χ1n) is 6.07. The van der Waals surface area contributed by atoms with Crippen molar-refractivity contribution in [1.82, 2.24) is 0 Å². The van der Waals surface area contributed by atoms with Crippen molar-refractivity contribution in [2.24, 2.45) is 0 Å². The van der Waals surface area contributed by atoms with Gasteiger partial charge >= 0.3 is 0 Å². The van der Waals surface area contributed by atoms with E-state index >= 15 is 0 Å². The first-order valence-corrected chi connectivity index (χ1v) is 6.07. The molecular formula is C15H20O. The molecule has 1 heterocycles. The Kier molecular flexibility index (Phi) is 3.45. The minimum Gasteiger partial charge on any atom is -0.367 e. The van der Waals surface area contributed by atoms with Crippen LogP contribution in [0.3, 0.4) is 0 Å². The van der Waals surface area contributed by atoms with E-state index in [4.69, 9.17) is 4.74 Å². The maximum Gasteiger partial charge on any atom is 0.0833 e. The Morgan fingerprint density at radius 3 is 2.88 bits per heavy atom. The smallest absolute Gasteiger partial charge is 0.0833 e. The average Bonchev–Trinajstić information content (AvgIpc) is 2.71. The van der Waals surface area contributed by atoms with E-state index in [0.29, 0.717) is 0 Å². The van der Waals surface area contributed by atoms with E-state index in [0.717, 1.165) is 25.7 Å². The van der Waals surface area contributed by atoms with Gasteiger partial charge in [-0.3, -0.25) is 0 Å². The lowest BCUT2D eigenvalue weighted by Crippen LogP contribution is -2.22. The molecule has 1 nitrogen and oxygen atoms in total. The number of benzene rings is 1. The van der Waals surface area contributed by atoms with Crippen molar-refractivity contribution in [3.63, 3.8) is 0 Å². The Hall–Kier alpha value is -1.08. The molecule has 1 heteroatoms. The van der Waals surface area contributed by atoms with Crippen molar-refractivity contribution in [2.75, 3.05) is 0 Å². The van der Waals surface area contributed by atoms with E-state index in [1.807, 2.05) is 6.08 Å². The molecule has 2 atom stereocenters. The lowest BCUT2D eigenvalue weighted by atomic mass is 9.96. The molecule has 16 heavy (non-hydrogen) atoms. The zero-order valence-electron chi connectivity index (χ0n) is 9.99. The van der Waals surface area contributed by atoms with Crippen LogP contribution in [-0.2, 0) is 4.74 Å². The second-order valence-electron chi connectivity index (χ2n) is 4.83. The maximum atomic E-state index is 6.19. The molecule has 86 valence electrons. The van der Waals surface area contributed by atoms with Crippen LogP contribution in [0.15, 0.2) is 43.0 Å². The molecule has 0 spiro atoms. The molecular weight excluding hydrogens is 196 g/mol. The number of hydrogen-bond donors (Lipinski definition) is 0. The van der Waals surface area contributed by atoms with Gasteiger partial charge < -0.3 is 4.74 Å². The van der Waals surface area contributed by atoms with Crippen LogP contribution < -0.4 is 0 Å². The molecule has 0 aliphatic carbocycles. The molecule has 2 unspecified atom stereocenters. The molecule has 0 aromatic heterocycles. The third-order valence-electron chi connectivity index (χ3n) is 3.41. The van der Waals surface area contributed by atoms with Gasteiger partial charge in [-0.2, -0.15) is 0 Å². The fraction of sp³-hybridized carbons (Fsp3) is 0.467. The van der Waals surface area contributed by atoms with Gasteiger partial charge in [0.15, 0.2) is 0 Å². The Morgan fingerprint density at radius 2 is 2.19 bits per heavy atom. The van der Waals surface area contributed by atoms with Gasteiger partial charge in [0.1, 0.15) is 0 Å². The van der Waals surface area contributed by atoms with E-state index in [1.54, 1.807) is 0 Å². The van der Waals surface area contributed by atoms with E-state index < -0.39 is 0 Å². The van der Waals surface area contributed by atoms with Gasteiger partial charge in [0.2, 0.25) is 0 Å². The summed E-state index contributed by atoms with van der Waals surface area (Å²) in [5.74, 6) is 0. The molecule has 0 radical (unpaired) electrons. The summed E-state index contributed by atoms with van der Waals surface area (Å²) in [6.07, 6.45) is 6.68. The predicted octanol–water partition coefficient (Wildman–Crippen LogP) is 4.26. The number of ether oxygens (including phenoxy) is 1. The summed E-state index contributed by atoms with van der Waals surface area (Å²) in [7, 11) is 0. The summed E-state index contributed by atoms with van der Waals surface area (Å²) in [5, 5.41) is 0. The van der Waals surface area contributed by atoms with Crippen LogP contribution >= 0.6 is 0 Å². The first-order chi connectivity index (χ1) is 7.73. The zero-order chi connectivity index (χ0) is 11.4.